The molecule has 5 nitrogen and oxygen atoms in total. The molecular weight excluding hydrogens is 787 g/mol. The maximum absolute atomic E-state index is 13.2. The molecule has 0 bridgehead atoms. The van der Waals surface area contributed by atoms with Gasteiger partial charge in [0.1, 0.15) is 0 Å². The van der Waals surface area contributed by atoms with Gasteiger partial charge in [-0.1, -0.05) is 216 Å². The lowest BCUT2D eigenvalue weighted by atomic mass is 10.1. The Morgan fingerprint density at radius 2 is 0.703 bits per heavy atom. The third-order valence-electron chi connectivity index (χ3n) is 11.9. The van der Waals surface area contributed by atoms with Crippen LogP contribution in [0.5, 0.6) is 11.8 Å². The number of carbonyl (C=O) groups excluding carboxylic acids is 1. The van der Waals surface area contributed by atoms with Crippen molar-refractivity contribution in [2.45, 2.75) is 258 Å². The van der Waals surface area contributed by atoms with Crippen molar-refractivity contribution in [1.82, 2.24) is 4.98 Å². The number of nitrogens with zero attached hydrogens (tertiary/aromatic N) is 1. The maximum atomic E-state index is 13.2. The fraction of sp³-hybridized carbons (Fsp3) is 0.729. The summed E-state index contributed by atoms with van der Waals surface area (Å²) in [6.07, 6.45) is 68.5. The first-order chi connectivity index (χ1) is 31.7. The van der Waals surface area contributed by atoms with Crippen molar-refractivity contribution >= 4 is 5.97 Å². The minimum Gasteiger partial charge on any atom is -0.478 e. The highest BCUT2D eigenvalue weighted by Crippen LogP contribution is 2.21. The number of ether oxygens (including phenoxy) is 3. The zero-order valence-corrected chi connectivity index (χ0v) is 42.3. The average Bonchev–Trinajstić information content (AvgIpc) is 3.30. The molecule has 5 heteroatoms. The topological polar surface area (TPSA) is 57.7 Å². The number of aromatic nitrogens is 1. The Hall–Kier alpha value is -3.08. The van der Waals surface area contributed by atoms with E-state index in [0.29, 0.717) is 37.1 Å². The van der Waals surface area contributed by atoms with E-state index in [1.165, 1.54) is 186 Å². The van der Waals surface area contributed by atoms with Crippen molar-refractivity contribution in [3.05, 3.63) is 78.5 Å². The van der Waals surface area contributed by atoms with E-state index in [0.717, 1.165) is 51.4 Å². The van der Waals surface area contributed by atoms with Gasteiger partial charge in [-0.05, 0) is 103 Å². The van der Waals surface area contributed by atoms with E-state index in [-0.39, 0.29) is 5.97 Å². The van der Waals surface area contributed by atoms with Gasteiger partial charge in [0.2, 0.25) is 11.8 Å². The van der Waals surface area contributed by atoms with Crippen molar-refractivity contribution in [2.24, 2.45) is 0 Å². The van der Waals surface area contributed by atoms with Crippen molar-refractivity contribution < 1.29 is 19.0 Å². The summed E-state index contributed by atoms with van der Waals surface area (Å²) < 4.78 is 17.9. The Balaban J connectivity index is 2.39. The molecule has 0 aliphatic carbocycles. The Bertz CT molecular complexity index is 1300. The van der Waals surface area contributed by atoms with Gasteiger partial charge < -0.3 is 14.2 Å². The van der Waals surface area contributed by atoms with Gasteiger partial charge in [0.05, 0.1) is 25.4 Å². The molecule has 0 saturated heterocycles. The number of carbonyl (C=O) groups is 1. The molecule has 366 valence electrons. The largest absolute Gasteiger partial charge is 0.478 e. The highest BCUT2D eigenvalue weighted by atomic mass is 16.5. The number of rotatable bonds is 48. The van der Waals surface area contributed by atoms with Crippen LogP contribution in [-0.4, -0.2) is 30.8 Å². The quantitative estimate of drug-likeness (QED) is 0.0282. The van der Waals surface area contributed by atoms with Crippen LogP contribution in [0.15, 0.2) is 72.9 Å². The predicted molar refractivity (Wildman–Crippen MR) is 279 cm³/mol. The Kier molecular flexibility index (Phi) is 45.5. The smallest absolute Gasteiger partial charge is 0.338 e. The second-order valence-electron chi connectivity index (χ2n) is 18.1. The molecule has 1 aromatic rings. The number of hydrogen-bond donors (Lipinski definition) is 0. The van der Waals surface area contributed by atoms with Crippen LogP contribution in [0.3, 0.4) is 0 Å². The molecule has 0 aliphatic heterocycles. The van der Waals surface area contributed by atoms with Gasteiger partial charge in [0.15, 0.2) is 0 Å². The minimum absolute atomic E-state index is 0.323. The van der Waals surface area contributed by atoms with Crippen LogP contribution in [0.25, 0.3) is 0 Å². The molecule has 0 radical (unpaired) electrons. The maximum Gasteiger partial charge on any atom is 0.338 e. The molecular formula is C59H101NO4. The molecule has 64 heavy (non-hydrogen) atoms. The zero-order valence-electron chi connectivity index (χ0n) is 42.3. The summed E-state index contributed by atoms with van der Waals surface area (Å²) in [6, 6.07) is 3.46. The summed E-state index contributed by atoms with van der Waals surface area (Å²) in [5.74, 6) is 0.576. The third-order valence-corrected chi connectivity index (χ3v) is 11.9. The first-order valence-electron chi connectivity index (χ1n) is 27.4. The Morgan fingerprint density at radius 3 is 1.12 bits per heavy atom. The Morgan fingerprint density at radius 1 is 0.391 bits per heavy atom. The van der Waals surface area contributed by atoms with E-state index < -0.39 is 0 Å². The number of pyridine rings is 1. The highest BCUT2D eigenvalue weighted by molar-refractivity contribution is 5.90. The van der Waals surface area contributed by atoms with Gasteiger partial charge in [-0.15, -0.1) is 0 Å². The molecule has 0 unspecified atom stereocenters. The van der Waals surface area contributed by atoms with E-state index in [1.807, 2.05) is 0 Å². The molecule has 1 heterocycles. The molecule has 0 fully saturated rings. The van der Waals surface area contributed by atoms with Crippen LogP contribution in [0.2, 0.25) is 0 Å². The minimum atomic E-state index is -0.323. The van der Waals surface area contributed by atoms with Gasteiger partial charge >= 0.3 is 5.97 Å². The highest BCUT2D eigenvalue weighted by Gasteiger charge is 2.13. The second kappa shape index (κ2) is 49.4. The fourth-order valence-corrected chi connectivity index (χ4v) is 7.72. The molecule has 0 N–H and O–H groups in total. The number of allylic oxidation sites excluding steroid dienone is 10. The van der Waals surface area contributed by atoms with Gasteiger partial charge in [-0.2, -0.15) is 4.98 Å². The predicted octanol–water partition coefficient (Wildman–Crippen LogP) is 19.3. The van der Waals surface area contributed by atoms with Gasteiger partial charge in [0.25, 0.3) is 0 Å². The first kappa shape index (κ1) is 58.9. The molecule has 0 saturated carbocycles. The van der Waals surface area contributed by atoms with Gasteiger partial charge in [-0.3, -0.25) is 0 Å². The summed E-state index contributed by atoms with van der Waals surface area (Å²) in [4.78, 5) is 17.8. The summed E-state index contributed by atoms with van der Waals surface area (Å²) >= 11 is 0. The Labute approximate surface area is 396 Å². The van der Waals surface area contributed by atoms with Gasteiger partial charge in [0, 0.05) is 12.1 Å². The molecule has 0 spiro atoms. The van der Waals surface area contributed by atoms with Crippen LogP contribution < -0.4 is 9.47 Å². The normalized spacial score (nSPS) is 12.0. The molecule has 0 atom stereocenters. The fourth-order valence-electron chi connectivity index (χ4n) is 7.72. The third kappa shape index (κ3) is 41.6. The van der Waals surface area contributed by atoms with E-state index in [4.69, 9.17) is 14.2 Å². The van der Waals surface area contributed by atoms with Crippen molar-refractivity contribution in [2.75, 3.05) is 19.8 Å². The number of unbranched alkanes of at least 4 members (excludes halogenated alkanes) is 30. The summed E-state index contributed by atoms with van der Waals surface area (Å²) in [5, 5.41) is 0. The van der Waals surface area contributed by atoms with Crippen molar-refractivity contribution in [1.29, 1.82) is 0 Å². The number of hydrogen-bond acceptors (Lipinski definition) is 5. The zero-order chi connectivity index (χ0) is 45.9. The lowest BCUT2D eigenvalue weighted by Gasteiger charge is -2.12. The van der Waals surface area contributed by atoms with E-state index >= 15 is 0 Å². The van der Waals surface area contributed by atoms with E-state index in [1.54, 1.807) is 12.1 Å². The van der Waals surface area contributed by atoms with E-state index in [9.17, 15) is 4.79 Å². The molecule has 1 aromatic heterocycles. The molecule has 0 aliphatic rings. The number of esters is 1. The van der Waals surface area contributed by atoms with Crippen LogP contribution >= 0.6 is 0 Å². The molecule has 0 amide bonds. The standard InChI is InChI=1S/C59H101NO4/c1-4-7-10-13-16-19-22-25-28-31-34-37-40-43-46-49-52-63-58-55-56(59(61)64-53-50-47-44-41-38-35-32-29-26-23-20-17-14-11-8-5-2)54-57(60-58)62-51-48-45-42-39-36-33-30-27-24-21-18-15-12-9-6-3/h16,18-19,21,24-29,54-55H,4-15,17,20,22-23,30-53H2,1-3H3/b19-16-,21-18-,27-24+,28-25-,29-26-. The SMILES string of the molecule is CCCCC/C=C\C=C\CCCCCCCCOc1cc(C(=O)OCCCCCCCC/C=C\CCCCCCCC)cc(OCCCCCCCC/C=C\C/C=C\CCCCC)n1. The summed E-state index contributed by atoms with van der Waals surface area (Å²) in [5.41, 5.74) is 0.461. The van der Waals surface area contributed by atoms with Crippen LogP contribution in [0.1, 0.15) is 269 Å². The molecule has 0 aromatic carbocycles. The monoisotopic (exact) mass is 888 g/mol. The van der Waals surface area contributed by atoms with Crippen LogP contribution in [-0.2, 0) is 4.74 Å². The van der Waals surface area contributed by atoms with Crippen molar-refractivity contribution in [3.8, 4) is 11.8 Å². The van der Waals surface area contributed by atoms with Gasteiger partial charge in [-0.25, -0.2) is 4.79 Å². The summed E-state index contributed by atoms with van der Waals surface area (Å²) in [7, 11) is 0. The van der Waals surface area contributed by atoms with Crippen LogP contribution in [0.4, 0.5) is 0 Å². The van der Waals surface area contributed by atoms with Crippen molar-refractivity contribution in [3.63, 3.8) is 0 Å². The van der Waals surface area contributed by atoms with E-state index in [2.05, 4.69) is 86.5 Å². The molecule has 1 rings (SSSR count). The second-order valence-corrected chi connectivity index (χ2v) is 18.1. The first-order valence-corrected chi connectivity index (χ1v) is 27.4. The lowest BCUT2D eigenvalue weighted by molar-refractivity contribution is 0.0496. The summed E-state index contributed by atoms with van der Waals surface area (Å²) in [6.45, 7) is 8.39. The average molecular weight is 888 g/mol. The van der Waals surface area contributed by atoms with Crippen LogP contribution in [0, 0.1) is 0 Å². The lowest BCUT2D eigenvalue weighted by Crippen LogP contribution is -2.09.